The molecule has 4 rings (SSSR count). The van der Waals surface area contributed by atoms with Gasteiger partial charge in [-0.3, -0.25) is 0 Å². The van der Waals surface area contributed by atoms with Gasteiger partial charge in [-0.05, 0) is 43.2 Å². The summed E-state index contributed by atoms with van der Waals surface area (Å²) in [5, 5.41) is 9.02. The number of halogens is 2. The van der Waals surface area contributed by atoms with Crippen LogP contribution in [0.5, 0.6) is 0 Å². The van der Waals surface area contributed by atoms with Gasteiger partial charge in [-0.15, -0.1) is 0 Å². The first kappa shape index (κ1) is 18.2. The first-order chi connectivity index (χ1) is 13.2. The van der Waals surface area contributed by atoms with Crippen LogP contribution in [0.4, 0.5) is 4.39 Å². The molecule has 0 saturated carbocycles. The molecule has 0 radical (unpaired) electrons. The predicted molar refractivity (Wildman–Crippen MR) is 105 cm³/mol. The Balaban J connectivity index is 1.66. The molecule has 1 saturated heterocycles. The average molecular weight is 386 g/mol. The molecule has 0 unspecified atom stereocenters. The van der Waals surface area contributed by atoms with Crippen molar-refractivity contribution in [1.82, 2.24) is 15.1 Å². The standard InChI is InChI=1S/C21H21ClFN3O/c22-20-4-2-1-3-19(20)21-15(13-24-17-9-11-27-12-10-17)14-26(25-21)18-7-5-16(23)6-8-18/h1-8,14,17,24H,9-13H2. The van der Waals surface area contributed by atoms with Gasteiger partial charge in [0, 0.05) is 43.1 Å². The van der Waals surface area contributed by atoms with Crippen LogP contribution in [0.15, 0.2) is 54.7 Å². The van der Waals surface area contributed by atoms with Crippen molar-refractivity contribution in [2.45, 2.75) is 25.4 Å². The normalized spacial score (nSPS) is 15.2. The molecule has 4 nitrogen and oxygen atoms in total. The summed E-state index contributed by atoms with van der Waals surface area (Å²) in [6, 6.07) is 14.4. The van der Waals surface area contributed by atoms with Crippen LogP contribution in [0, 0.1) is 5.82 Å². The van der Waals surface area contributed by atoms with E-state index in [-0.39, 0.29) is 5.82 Å². The minimum atomic E-state index is -0.265. The minimum Gasteiger partial charge on any atom is -0.381 e. The molecule has 1 aliphatic heterocycles. The molecule has 0 atom stereocenters. The molecule has 140 valence electrons. The van der Waals surface area contributed by atoms with Crippen LogP contribution in [0.3, 0.4) is 0 Å². The van der Waals surface area contributed by atoms with E-state index < -0.39 is 0 Å². The molecule has 0 aliphatic carbocycles. The summed E-state index contributed by atoms with van der Waals surface area (Å²) in [5.74, 6) is -0.265. The highest BCUT2D eigenvalue weighted by Gasteiger charge is 2.18. The first-order valence-electron chi connectivity index (χ1n) is 9.11. The Morgan fingerprint density at radius 1 is 1.11 bits per heavy atom. The van der Waals surface area contributed by atoms with Crippen molar-refractivity contribution in [2.75, 3.05) is 13.2 Å². The monoisotopic (exact) mass is 385 g/mol. The third-order valence-electron chi connectivity index (χ3n) is 4.81. The van der Waals surface area contributed by atoms with Gasteiger partial charge in [0.05, 0.1) is 16.4 Å². The molecule has 27 heavy (non-hydrogen) atoms. The predicted octanol–water partition coefficient (Wildman–Crippen LogP) is 4.60. The van der Waals surface area contributed by atoms with Crippen molar-refractivity contribution < 1.29 is 9.13 Å². The Kier molecular flexibility index (Phi) is 5.53. The van der Waals surface area contributed by atoms with Crippen molar-refractivity contribution in [2.24, 2.45) is 0 Å². The van der Waals surface area contributed by atoms with E-state index in [2.05, 4.69) is 5.32 Å². The van der Waals surface area contributed by atoms with Crippen molar-refractivity contribution in [1.29, 1.82) is 0 Å². The van der Waals surface area contributed by atoms with Crippen LogP contribution in [0.25, 0.3) is 16.9 Å². The third kappa shape index (κ3) is 4.21. The summed E-state index contributed by atoms with van der Waals surface area (Å²) in [5.41, 5.74) is 3.59. The van der Waals surface area contributed by atoms with Gasteiger partial charge < -0.3 is 10.1 Å². The van der Waals surface area contributed by atoms with Gasteiger partial charge in [0.1, 0.15) is 5.82 Å². The van der Waals surface area contributed by atoms with Crippen LogP contribution >= 0.6 is 11.6 Å². The number of aromatic nitrogens is 2. The Morgan fingerprint density at radius 3 is 2.59 bits per heavy atom. The fraction of sp³-hybridized carbons (Fsp3) is 0.286. The molecule has 0 amide bonds. The van der Waals surface area contributed by atoms with Crippen LogP contribution < -0.4 is 5.32 Å². The summed E-state index contributed by atoms with van der Waals surface area (Å²) in [6.45, 7) is 2.28. The van der Waals surface area contributed by atoms with E-state index in [4.69, 9.17) is 21.4 Å². The Hall–Kier alpha value is -2.21. The lowest BCUT2D eigenvalue weighted by Crippen LogP contribution is -2.34. The topological polar surface area (TPSA) is 39.1 Å². The first-order valence-corrected chi connectivity index (χ1v) is 9.49. The molecule has 2 aromatic carbocycles. The van der Waals surface area contributed by atoms with E-state index in [9.17, 15) is 4.39 Å². The fourth-order valence-electron chi connectivity index (χ4n) is 3.30. The number of benzene rings is 2. The van der Waals surface area contributed by atoms with Gasteiger partial charge in [-0.25, -0.2) is 9.07 Å². The fourth-order valence-corrected chi connectivity index (χ4v) is 3.53. The molecule has 0 spiro atoms. The molecule has 0 bridgehead atoms. The smallest absolute Gasteiger partial charge is 0.123 e. The third-order valence-corrected chi connectivity index (χ3v) is 5.14. The number of rotatable bonds is 5. The lowest BCUT2D eigenvalue weighted by molar-refractivity contribution is 0.0776. The van der Waals surface area contributed by atoms with Crippen LogP contribution in [-0.2, 0) is 11.3 Å². The summed E-state index contributed by atoms with van der Waals surface area (Å²) in [7, 11) is 0. The molecular weight excluding hydrogens is 365 g/mol. The van der Waals surface area contributed by atoms with Gasteiger partial charge >= 0.3 is 0 Å². The van der Waals surface area contributed by atoms with Gasteiger partial charge in [-0.1, -0.05) is 29.8 Å². The second-order valence-corrected chi connectivity index (χ2v) is 7.08. The van der Waals surface area contributed by atoms with E-state index in [0.29, 0.717) is 17.6 Å². The second-order valence-electron chi connectivity index (χ2n) is 6.67. The molecule has 3 aromatic rings. The summed E-state index contributed by atoms with van der Waals surface area (Å²) in [4.78, 5) is 0. The Morgan fingerprint density at radius 2 is 1.85 bits per heavy atom. The maximum atomic E-state index is 13.3. The molecule has 1 fully saturated rings. The quantitative estimate of drug-likeness (QED) is 0.697. The zero-order valence-electron chi connectivity index (χ0n) is 14.9. The van der Waals surface area contributed by atoms with Crippen LogP contribution in [0.2, 0.25) is 5.02 Å². The minimum absolute atomic E-state index is 0.265. The van der Waals surface area contributed by atoms with E-state index >= 15 is 0 Å². The number of nitrogens with zero attached hydrogens (tertiary/aromatic N) is 2. The maximum Gasteiger partial charge on any atom is 0.123 e. The Labute approximate surface area is 162 Å². The zero-order valence-corrected chi connectivity index (χ0v) is 15.6. The van der Waals surface area contributed by atoms with E-state index in [0.717, 1.165) is 48.6 Å². The number of nitrogens with one attached hydrogen (secondary N) is 1. The zero-order chi connectivity index (χ0) is 18.6. The largest absolute Gasteiger partial charge is 0.381 e. The van der Waals surface area contributed by atoms with Crippen molar-refractivity contribution in [3.63, 3.8) is 0 Å². The molecule has 1 aromatic heterocycles. The average Bonchev–Trinajstić information content (AvgIpc) is 3.12. The highest BCUT2D eigenvalue weighted by molar-refractivity contribution is 6.33. The van der Waals surface area contributed by atoms with Gasteiger partial charge in [0.15, 0.2) is 0 Å². The summed E-state index contributed by atoms with van der Waals surface area (Å²) >= 11 is 6.42. The summed E-state index contributed by atoms with van der Waals surface area (Å²) < 4.78 is 20.5. The number of hydrogen-bond donors (Lipinski definition) is 1. The van der Waals surface area contributed by atoms with Crippen molar-refractivity contribution >= 4 is 11.6 Å². The molecule has 1 N–H and O–H groups in total. The van der Waals surface area contributed by atoms with E-state index in [1.54, 1.807) is 16.8 Å². The summed E-state index contributed by atoms with van der Waals surface area (Å²) in [6.07, 6.45) is 4.00. The Bertz CT molecular complexity index is 904. The molecule has 6 heteroatoms. The second kappa shape index (κ2) is 8.21. The van der Waals surface area contributed by atoms with Gasteiger partial charge in [-0.2, -0.15) is 5.10 Å². The number of hydrogen-bond acceptors (Lipinski definition) is 3. The molecule has 2 heterocycles. The van der Waals surface area contributed by atoms with Crippen molar-refractivity contribution in [3.05, 3.63) is 71.1 Å². The van der Waals surface area contributed by atoms with Crippen molar-refractivity contribution in [3.8, 4) is 16.9 Å². The lowest BCUT2D eigenvalue weighted by Gasteiger charge is -2.23. The van der Waals surface area contributed by atoms with E-state index in [1.807, 2.05) is 30.5 Å². The highest BCUT2D eigenvalue weighted by atomic mass is 35.5. The van der Waals surface area contributed by atoms with Gasteiger partial charge in [0.2, 0.25) is 0 Å². The number of ether oxygens (including phenoxy) is 1. The van der Waals surface area contributed by atoms with Crippen LogP contribution in [-0.4, -0.2) is 29.0 Å². The molecular formula is C21H21ClFN3O. The highest BCUT2D eigenvalue weighted by Crippen LogP contribution is 2.30. The van der Waals surface area contributed by atoms with Crippen LogP contribution in [0.1, 0.15) is 18.4 Å². The van der Waals surface area contributed by atoms with E-state index in [1.165, 1.54) is 12.1 Å². The maximum absolute atomic E-state index is 13.3. The molecule has 1 aliphatic rings. The SMILES string of the molecule is Fc1ccc(-n2cc(CNC3CCOCC3)c(-c3ccccc3Cl)n2)cc1. The lowest BCUT2D eigenvalue weighted by atomic mass is 10.1. The van der Waals surface area contributed by atoms with Gasteiger partial charge in [0.25, 0.3) is 0 Å².